The highest BCUT2D eigenvalue weighted by Gasteiger charge is 2.28. The molecule has 4 heteroatoms. The van der Waals surface area contributed by atoms with Gasteiger partial charge < -0.3 is 10.0 Å². The summed E-state index contributed by atoms with van der Waals surface area (Å²) in [5.41, 5.74) is 1.02. The maximum absolute atomic E-state index is 10.1. The minimum atomic E-state index is -0.251. The summed E-state index contributed by atoms with van der Waals surface area (Å²) in [6, 6.07) is 4.05. The first kappa shape index (κ1) is 12.7. The second kappa shape index (κ2) is 5.69. The van der Waals surface area contributed by atoms with E-state index in [-0.39, 0.29) is 12.1 Å². The van der Waals surface area contributed by atoms with Gasteiger partial charge in [0, 0.05) is 18.8 Å². The maximum atomic E-state index is 10.1. The molecule has 17 heavy (non-hydrogen) atoms. The van der Waals surface area contributed by atoms with Gasteiger partial charge in [0.25, 0.3) is 0 Å². The van der Waals surface area contributed by atoms with Crippen molar-refractivity contribution in [3.8, 4) is 0 Å². The molecule has 2 unspecified atom stereocenters. The van der Waals surface area contributed by atoms with Gasteiger partial charge in [-0.3, -0.25) is 0 Å². The summed E-state index contributed by atoms with van der Waals surface area (Å²) in [5.74, 6) is 1.35. The van der Waals surface area contributed by atoms with Gasteiger partial charge in [-0.15, -0.1) is 11.6 Å². The fraction of sp³-hybridized carbons (Fsp3) is 0.615. The number of alkyl halides is 1. The average Bonchev–Trinajstić information content (AvgIpc) is 2.38. The Morgan fingerprint density at radius 2 is 2.24 bits per heavy atom. The minimum Gasteiger partial charge on any atom is -0.391 e. The highest BCUT2D eigenvalue weighted by molar-refractivity contribution is 6.17. The molecule has 2 atom stereocenters. The number of pyridine rings is 1. The summed E-state index contributed by atoms with van der Waals surface area (Å²) in [6.07, 6.45) is 5.73. The third-order valence-corrected chi connectivity index (χ3v) is 3.82. The molecule has 1 heterocycles. The minimum absolute atomic E-state index is 0.167. The van der Waals surface area contributed by atoms with Crippen LogP contribution in [0.15, 0.2) is 18.3 Å². The van der Waals surface area contributed by atoms with Crippen molar-refractivity contribution in [2.24, 2.45) is 0 Å². The first-order chi connectivity index (χ1) is 8.24. The standard InChI is InChI=1S/C13H19ClN2O/c1-16(11-6-2-3-7-12(11)17)13-10(9-14)5-4-8-15-13/h4-5,8,11-12,17H,2-3,6-7,9H2,1H3. The van der Waals surface area contributed by atoms with Crippen molar-refractivity contribution in [1.82, 2.24) is 4.98 Å². The van der Waals surface area contributed by atoms with Gasteiger partial charge in [-0.1, -0.05) is 18.9 Å². The van der Waals surface area contributed by atoms with Gasteiger partial charge in [-0.25, -0.2) is 4.98 Å². The third-order valence-electron chi connectivity index (χ3n) is 3.54. The molecular weight excluding hydrogens is 236 g/mol. The number of hydrogen-bond acceptors (Lipinski definition) is 3. The van der Waals surface area contributed by atoms with Crippen LogP contribution >= 0.6 is 11.6 Å². The number of aliphatic hydroxyl groups excluding tert-OH is 1. The Kier molecular flexibility index (Phi) is 4.24. The number of anilines is 1. The average molecular weight is 255 g/mol. The Balaban J connectivity index is 2.20. The Hall–Kier alpha value is -0.800. The smallest absolute Gasteiger partial charge is 0.133 e. The van der Waals surface area contributed by atoms with E-state index in [0.717, 1.165) is 30.6 Å². The maximum Gasteiger partial charge on any atom is 0.133 e. The largest absolute Gasteiger partial charge is 0.391 e. The van der Waals surface area contributed by atoms with E-state index in [1.54, 1.807) is 6.20 Å². The van der Waals surface area contributed by atoms with E-state index in [1.165, 1.54) is 6.42 Å². The van der Waals surface area contributed by atoms with Crippen molar-refractivity contribution in [3.05, 3.63) is 23.9 Å². The molecule has 0 aromatic carbocycles. The number of nitrogens with zero attached hydrogens (tertiary/aromatic N) is 2. The lowest BCUT2D eigenvalue weighted by molar-refractivity contribution is 0.106. The lowest BCUT2D eigenvalue weighted by Crippen LogP contribution is -2.44. The lowest BCUT2D eigenvalue weighted by Gasteiger charge is -2.36. The van der Waals surface area contributed by atoms with Crippen molar-refractivity contribution in [2.75, 3.05) is 11.9 Å². The van der Waals surface area contributed by atoms with E-state index in [4.69, 9.17) is 11.6 Å². The summed E-state index contributed by atoms with van der Waals surface area (Å²) in [5, 5.41) is 10.1. The van der Waals surface area contributed by atoms with Crippen LogP contribution in [-0.2, 0) is 5.88 Å². The lowest BCUT2D eigenvalue weighted by atomic mass is 9.91. The van der Waals surface area contributed by atoms with Crippen molar-refractivity contribution in [1.29, 1.82) is 0 Å². The van der Waals surface area contributed by atoms with Crippen molar-refractivity contribution < 1.29 is 5.11 Å². The first-order valence-corrected chi connectivity index (χ1v) is 6.68. The molecule has 3 nitrogen and oxygen atoms in total. The molecule has 0 aliphatic heterocycles. The van der Waals surface area contributed by atoms with Crippen LogP contribution < -0.4 is 4.90 Å². The molecule has 0 amide bonds. The molecule has 0 bridgehead atoms. The van der Waals surface area contributed by atoms with Gasteiger partial charge in [0.2, 0.25) is 0 Å². The zero-order valence-electron chi connectivity index (χ0n) is 10.1. The van der Waals surface area contributed by atoms with Crippen LogP contribution in [0.2, 0.25) is 0 Å². The van der Waals surface area contributed by atoms with E-state index < -0.39 is 0 Å². The van der Waals surface area contributed by atoms with E-state index in [1.807, 2.05) is 19.2 Å². The zero-order chi connectivity index (χ0) is 12.3. The fourth-order valence-corrected chi connectivity index (χ4v) is 2.76. The van der Waals surface area contributed by atoms with Gasteiger partial charge in [0.05, 0.1) is 18.0 Å². The predicted octanol–water partition coefficient (Wildman–Crippen LogP) is 2.56. The summed E-state index contributed by atoms with van der Waals surface area (Å²) in [4.78, 5) is 6.47. The molecule has 1 N–H and O–H groups in total. The molecule has 1 aromatic heterocycles. The van der Waals surface area contributed by atoms with Crippen LogP contribution in [0.3, 0.4) is 0 Å². The number of rotatable bonds is 3. The Bertz CT molecular complexity index is 372. The summed E-state index contributed by atoms with van der Waals surface area (Å²) in [7, 11) is 2.00. The van der Waals surface area contributed by atoms with Crippen LogP contribution in [0.4, 0.5) is 5.82 Å². The normalized spacial score (nSPS) is 24.6. The van der Waals surface area contributed by atoms with Gasteiger partial charge >= 0.3 is 0 Å². The predicted molar refractivity (Wildman–Crippen MR) is 70.5 cm³/mol. The first-order valence-electron chi connectivity index (χ1n) is 6.15. The monoisotopic (exact) mass is 254 g/mol. The molecule has 1 aromatic rings. The molecule has 0 spiro atoms. The summed E-state index contributed by atoms with van der Waals surface area (Å²) in [6.45, 7) is 0. The van der Waals surface area contributed by atoms with Crippen molar-refractivity contribution in [3.63, 3.8) is 0 Å². The summed E-state index contributed by atoms with van der Waals surface area (Å²) >= 11 is 5.92. The highest BCUT2D eigenvalue weighted by atomic mass is 35.5. The van der Waals surface area contributed by atoms with E-state index >= 15 is 0 Å². The van der Waals surface area contributed by atoms with E-state index in [0.29, 0.717) is 5.88 Å². The molecular formula is C13H19ClN2O. The number of aromatic nitrogens is 1. The van der Waals surface area contributed by atoms with Crippen molar-refractivity contribution >= 4 is 17.4 Å². The SMILES string of the molecule is CN(c1ncccc1CCl)C1CCCCC1O. The Morgan fingerprint density at radius 1 is 1.47 bits per heavy atom. The second-order valence-corrected chi connectivity index (χ2v) is 4.92. The van der Waals surface area contributed by atoms with Gasteiger partial charge in [0.1, 0.15) is 5.82 Å². The van der Waals surface area contributed by atoms with Gasteiger partial charge in [0.15, 0.2) is 0 Å². The molecule has 0 radical (unpaired) electrons. The number of aliphatic hydroxyl groups is 1. The zero-order valence-corrected chi connectivity index (χ0v) is 10.9. The van der Waals surface area contributed by atoms with E-state index in [2.05, 4.69) is 9.88 Å². The van der Waals surface area contributed by atoms with Crippen molar-refractivity contribution in [2.45, 2.75) is 43.7 Å². The quantitative estimate of drug-likeness (QED) is 0.843. The van der Waals surface area contributed by atoms with Gasteiger partial charge in [-0.05, 0) is 18.9 Å². The van der Waals surface area contributed by atoms with Gasteiger partial charge in [-0.2, -0.15) is 0 Å². The molecule has 2 rings (SSSR count). The summed E-state index contributed by atoms with van der Waals surface area (Å²) < 4.78 is 0. The van der Waals surface area contributed by atoms with E-state index in [9.17, 15) is 5.11 Å². The Morgan fingerprint density at radius 3 is 2.94 bits per heavy atom. The van der Waals surface area contributed by atoms with Crippen LogP contribution in [0.5, 0.6) is 0 Å². The Labute approximate surface area is 107 Å². The second-order valence-electron chi connectivity index (χ2n) is 4.65. The molecule has 1 fully saturated rings. The number of likely N-dealkylation sites (N-methyl/N-ethyl adjacent to an activating group) is 1. The molecule has 1 aliphatic carbocycles. The fourth-order valence-electron chi connectivity index (χ4n) is 2.55. The molecule has 94 valence electrons. The van der Waals surface area contributed by atoms with Crippen LogP contribution in [0.25, 0.3) is 0 Å². The molecule has 1 aliphatic rings. The van der Waals surface area contributed by atoms with Crippen LogP contribution in [0.1, 0.15) is 31.2 Å². The highest BCUT2D eigenvalue weighted by Crippen LogP contribution is 2.27. The van der Waals surface area contributed by atoms with Crippen LogP contribution in [-0.4, -0.2) is 29.3 Å². The molecule has 0 saturated heterocycles. The number of hydrogen-bond donors (Lipinski definition) is 1. The molecule has 1 saturated carbocycles. The third kappa shape index (κ3) is 2.72. The number of halogens is 1. The van der Waals surface area contributed by atoms with Crippen LogP contribution in [0, 0.1) is 0 Å². The topological polar surface area (TPSA) is 36.4 Å².